The molecule has 13 heavy (non-hydrogen) atoms. The molecule has 0 spiro atoms. The lowest BCUT2D eigenvalue weighted by molar-refractivity contribution is -0.107. The van der Waals surface area contributed by atoms with E-state index in [0.29, 0.717) is 0 Å². The Morgan fingerprint density at radius 2 is 1.38 bits per heavy atom. The van der Waals surface area contributed by atoms with Crippen molar-refractivity contribution in [2.24, 2.45) is 0 Å². The lowest BCUT2D eigenvalue weighted by Gasteiger charge is -1.98. The van der Waals surface area contributed by atoms with E-state index in [9.17, 15) is 4.79 Å². The van der Waals surface area contributed by atoms with Gasteiger partial charge in [0.05, 0.1) is 0 Å². The summed E-state index contributed by atoms with van der Waals surface area (Å²) >= 11 is 0. The quantitative estimate of drug-likeness (QED) is 0.300. The first kappa shape index (κ1) is 12.4. The van der Waals surface area contributed by atoms with Crippen LogP contribution in [0.5, 0.6) is 0 Å². The second-order valence-electron chi connectivity index (χ2n) is 3.43. The molecular weight excluding hydrogens is 160 g/mol. The van der Waals surface area contributed by atoms with Crippen molar-refractivity contribution >= 4 is 6.29 Å². The molecule has 0 atom stereocenters. The summed E-state index contributed by atoms with van der Waals surface area (Å²) in [6.07, 6.45) is 14.9. The summed E-state index contributed by atoms with van der Waals surface area (Å²) in [7, 11) is 0. The minimum Gasteiger partial charge on any atom is -0.303 e. The number of rotatable bonds is 9. The minimum atomic E-state index is 0.749. The number of hydrogen-bond acceptors (Lipinski definition) is 1. The third kappa shape index (κ3) is 11.4. The standard InChI is InChI=1S/C12H22O/c1-2-3-4-5-6-7-8-9-10-11-12-13/h2-3,12H,4-11H2,1H3. The Morgan fingerprint density at radius 3 is 1.92 bits per heavy atom. The molecule has 0 rings (SSSR count). The Kier molecular flexibility index (Phi) is 10.9. The van der Waals surface area contributed by atoms with Gasteiger partial charge >= 0.3 is 0 Å². The van der Waals surface area contributed by atoms with Crippen LogP contribution < -0.4 is 0 Å². The fourth-order valence-electron chi connectivity index (χ4n) is 1.36. The Balaban J connectivity index is 2.87. The van der Waals surface area contributed by atoms with E-state index in [1.54, 1.807) is 0 Å². The van der Waals surface area contributed by atoms with Gasteiger partial charge in [0, 0.05) is 6.42 Å². The number of carbonyl (C=O) groups excluding carboxylic acids is 1. The Hall–Kier alpha value is -0.590. The molecule has 1 heteroatoms. The van der Waals surface area contributed by atoms with Gasteiger partial charge in [0.15, 0.2) is 0 Å². The SMILES string of the molecule is CC=CCCCCCCCCC=O. The van der Waals surface area contributed by atoms with Gasteiger partial charge in [-0.05, 0) is 26.2 Å². The van der Waals surface area contributed by atoms with E-state index in [4.69, 9.17) is 0 Å². The number of carbonyl (C=O) groups is 1. The summed E-state index contributed by atoms with van der Waals surface area (Å²) in [4.78, 5) is 10.0. The van der Waals surface area contributed by atoms with E-state index in [-0.39, 0.29) is 0 Å². The molecule has 0 aliphatic carbocycles. The summed E-state index contributed by atoms with van der Waals surface area (Å²) in [5.74, 6) is 0. The molecule has 0 saturated carbocycles. The van der Waals surface area contributed by atoms with Crippen molar-refractivity contribution in [1.82, 2.24) is 0 Å². The largest absolute Gasteiger partial charge is 0.303 e. The Morgan fingerprint density at radius 1 is 0.846 bits per heavy atom. The lowest BCUT2D eigenvalue weighted by atomic mass is 10.1. The number of allylic oxidation sites excluding steroid dienone is 2. The first-order chi connectivity index (χ1) is 6.41. The van der Waals surface area contributed by atoms with E-state index in [0.717, 1.165) is 19.1 Å². The van der Waals surface area contributed by atoms with Crippen molar-refractivity contribution in [3.8, 4) is 0 Å². The van der Waals surface area contributed by atoms with E-state index in [1.807, 2.05) is 0 Å². The molecule has 76 valence electrons. The molecule has 0 amide bonds. The maximum Gasteiger partial charge on any atom is 0.119 e. The summed E-state index contributed by atoms with van der Waals surface area (Å²) in [5.41, 5.74) is 0. The monoisotopic (exact) mass is 182 g/mol. The smallest absolute Gasteiger partial charge is 0.119 e. The Bertz CT molecular complexity index is 127. The lowest BCUT2D eigenvalue weighted by Crippen LogP contribution is -1.80. The molecule has 0 aliphatic rings. The molecule has 0 bridgehead atoms. The first-order valence-electron chi connectivity index (χ1n) is 5.46. The summed E-state index contributed by atoms with van der Waals surface area (Å²) in [5, 5.41) is 0. The van der Waals surface area contributed by atoms with Gasteiger partial charge in [-0.15, -0.1) is 0 Å². The second-order valence-corrected chi connectivity index (χ2v) is 3.43. The highest BCUT2D eigenvalue weighted by molar-refractivity contribution is 5.48. The highest BCUT2D eigenvalue weighted by atomic mass is 16.1. The van der Waals surface area contributed by atoms with Crippen LogP contribution in [0.15, 0.2) is 12.2 Å². The molecule has 0 saturated heterocycles. The van der Waals surface area contributed by atoms with Gasteiger partial charge < -0.3 is 4.79 Å². The molecule has 0 radical (unpaired) electrons. The average Bonchev–Trinajstić information content (AvgIpc) is 2.16. The molecule has 0 aromatic heterocycles. The van der Waals surface area contributed by atoms with E-state index in [2.05, 4.69) is 19.1 Å². The van der Waals surface area contributed by atoms with Crippen molar-refractivity contribution in [3.05, 3.63) is 12.2 Å². The van der Waals surface area contributed by atoms with Crippen molar-refractivity contribution in [3.63, 3.8) is 0 Å². The number of aldehydes is 1. The van der Waals surface area contributed by atoms with Gasteiger partial charge in [0.2, 0.25) is 0 Å². The van der Waals surface area contributed by atoms with Crippen molar-refractivity contribution < 1.29 is 4.79 Å². The molecule has 0 heterocycles. The van der Waals surface area contributed by atoms with Crippen molar-refractivity contribution in [2.75, 3.05) is 0 Å². The molecule has 0 aliphatic heterocycles. The van der Waals surface area contributed by atoms with Crippen LogP contribution in [0.2, 0.25) is 0 Å². The van der Waals surface area contributed by atoms with Gasteiger partial charge in [0.25, 0.3) is 0 Å². The van der Waals surface area contributed by atoms with Crippen LogP contribution in [0.4, 0.5) is 0 Å². The third-order valence-corrected chi connectivity index (χ3v) is 2.18. The molecule has 0 unspecified atom stereocenters. The van der Waals surface area contributed by atoms with E-state index in [1.165, 1.54) is 38.5 Å². The van der Waals surface area contributed by atoms with Crippen LogP contribution in [0.3, 0.4) is 0 Å². The topological polar surface area (TPSA) is 17.1 Å². The van der Waals surface area contributed by atoms with E-state index < -0.39 is 0 Å². The van der Waals surface area contributed by atoms with Crippen molar-refractivity contribution in [1.29, 1.82) is 0 Å². The maximum atomic E-state index is 10.0. The normalized spacial score (nSPS) is 10.8. The first-order valence-corrected chi connectivity index (χ1v) is 5.46. The van der Waals surface area contributed by atoms with Gasteiger partial charge in [-0.3, -0.25) is 0 Å². The third-order valence-electron chi connectivity index (χ3n) is 2.18. The Labute approximate surface area is 82.2 Å². The zero-order valence-electron chi connectivity index (χ0n) is 8.80. The summed E-state index contributed by atoms with van der Waals surface area (Å²) in [6.45, 7) is 2.07. The number of unbranched alkanes of at least 4 members (excludes halogenated alkanes) is 7. The van der Waals surface area contributed by atoms with Crippen molar-refractivity contribution in [2.45, 2.75) is 58.3 Å². The van der Waals surface area contributed by atoms with Gasteiger partial charge in [0.1, 0.15) is 6.29 Å². The van der Waals surface area contributed by atoms with Crippen LogP contribution in [-0.4, -0.2) is 6.29 Å². The summed E-state index contributed by atoms with van der Waals surface area (Å²) < 4.78 is 0. The predicted molar refractivity (Wildman–Crippen MR) is 57.8 cm³/mol. The second kappa shape index (κ2) is 11.4. The molecule has 0 aromatic rings. The van der Waals surface area contributed by atoms with Crippen LogP contribution in [0, 0.1) is 0 Å². The number of hydrogen-bond donors (Lipinski definition) is 0. The molecule has 1 nitrogen and oxygen atoms in total. The maximum absolute atomic E-state index is 10.0. The van der Waals surface area contributed by atoms with Crippen LogP contribution in [-0.2, 0) is 4.79 Å². The zero-order valence-corrected chi connectivity index (χ0v) is 8.80. The average molecular weight is 182 g/mol. The van der Waals surface area contributed by atoms with Crippen LogP contribution in [0.25, 0.3) is 0 Å². The molecule has 0 fully saturated rings. The van der Waals surface area contributed by atoms with Gasteiger partial charge in [-0.25, -0.2) is 0 Å². The highest BCUT2D eigenvalue weighted by Gasteiger charge is 1.89. The van der Waals surface area contributed by atoms with Crippen LogP contribution >= 0.6 is 0 Å². The highest BCUT2D eigenvalue weighted by Crippen LogP contribution is 2.08. The van der Waals surface area contributed by atoms with Crippen LogP contribution in [0.1, 0.15) is 58.3 Å². The van der Waals surface area contributed by atoms with Gasteiger partial charge in [-0.1, -0.05) is 37.8 Å². The molecule has 0 aromatic carbocycles. The minimum absolute atomic E-state index is 0.749. The zero-order chi connectivity index (χ0) is 9.78. The van der Waals surface area contributed by atoms with Gasteiger partial charge in [-0.2, -0.15) is 0 Å². The molecular formula is C12H22O. The van der Waals surface area contributed by atoms with E-state index >= 15 is 0 Å². The predicted octanol–water partition coefficient (Wildman–Crippen LogP) is 3.88. The summed E-state index contributed by atoms with van der Waals surface area (Å²) in [6, 6.07) is 0. The molecule has 0 N–H and O–H groups in total. The fraction of sp³-hybridized carbons (Fsp3) is 0.750. The fourth-order valence-corrected chi connectivity index (χ4v) is 1.36.